The molecule has 24 heavy (non-hydrogen) atoms. The molecule has 1 unspecified atom stereocenters. The summed E-state index contributed by atoms with van der Waals surface area (Å²) in [5.74, 6) is -1.38. The molecule has 7 heteroatoms. The largest absolute Gasteiger partial charge is 0.361 e. The van der Waals surface area contributed by atoms with Crippen molar-refractivity contribution in [2.45, 2.75) is 13.0 Å². The van der Waals surface area contributed by atoms with Gasteiger partial charge in [0.1, 0.15) is 11.6 Å². The highest BCUT2D eigenvalue weighted by molar-refractivity contribution is 6.35. The number of anilines is 1. The molecule has 0 saturated carbocycles. The van der Waals surface area contributed by atoms with Crippen molar-refractivity contribution < 1.29 is 13.6 Å². The second kappa shape index (κ2) is 6.49. The molecule has 3 rings (SSSR count). The number of rotatable bonds is 3. The molecule has 0 bridgehead atoms. The number of amides is 2. The van der Waals surface area contributed by atoms with Gasteiger partial charge in [0.2, 0.25) is 0 Å². The fourth-order valence-corrected chi connectivity index (χ4v) is 2.75. The molecule has 1 heterocycles. The fourth-order valence-electron chi connectivity index (χ4n) is 2.47. The Labute approximate surface area is 141 Å². The van der Waals surface area contributed by atoms with Crippen LogP contribution in [0, 0.1) is 11.6 Å². The highest BCUT2D eigenvalue weighted by Gasteiger charge is 2.13. The number of nitrogens with one attached hydrogen (secondary N) is 3. The molecule has 124 valence electrons. The second-order valence-corrected chi connectivity index (χ2v) is 5.83. The number of aromatic amines is 1. The normalized spacial score (nSPS) is 12.2. The van der Waals surface area contributed by atoms with Gasteiger partial charge in [-0.1, -0.05) is 11.6 Å². The molecule has 0 fully saturated rings. The number of hydrogen-bond acceptors (Lipinski definition) is 1. The molecule has 0 aliphatic heterocycles. The van der Waals surface area contributed by atoms with E-state index in [0.717, 1.165) is 17.0 Å². The first-order valence-corrected chi connectivity index (χ1v) is 7.60. The third-order valence-electron chi connectivity index (χ3n) is 3.61. The van der Waals surface area contributed by atoms with E-state index in [-0.39, 0.29) is 0 Å². The van der Waals surface area contributed by atoms with Crippen LogP contribution < -0.4 is 10.6 Å². The molecule has 0 aliphatic rings. The molecule has 0 spiro atoms. The standard InChI is InChI=1S/C17H14ClF2N3O/c1-9(10-4-11(19)6-12(20)5-10)22-17(24)23-13-7-15(18)14-2-3-21-16(14)8-13/h2-9,21H,1H3,(H2,22,23,24). The summed E-state index contributed by atoms with van der Waals surface area (Å²) in [7, 11) is 0. The summed E-state index contributed by atoms with van der Waals surface area (Å²) >= 11 is 6.15. The number of carbonyl (C=O) groups excluding carboxylic acids is 1. The molecule has 3 aromatic rings. The van der Waals surface area contributed by atoms with Crippen LogP contribution in [0.15, 0.2) is 42.6 Å². The van der Waals surface area contributed by atoms with Crippen LogP contribution in [0.4, 0.5) is 19.3 Å². The lowest BCUT2D eigenvalue weighted by molar-refractivity contribution is 0.249. The molecule has 2 amide bonds. The number of hydrogen-bond donors (Lipinski definition) is 3. The van der Waals surface area contributed by atoms with E-state index in [0.29, 0.717) is 16.3 Å². The van der Waals surface area contributed by atoms with Crippen LogP contribution in [0.5, 0.6) is 0 Å². The quantitative estimate of drug-likeness (QED) is 0.613. The average Bonchev–Trinajstić information content (AvgIpc) is 2.94. The fraction of sp³-hybridized carbons (Fsp3) is 0.118. The first kappa shape index (κ1) is 16.3. The first-order valence-electron chi connectivity index (χ1n) is 7.22. The lowest BCUT2D eigenvalue weighted by Crippen LogP contribution is -2.31. The molecule has 1 aromatic heterocycles. The number of urea groups is 1. The topological polar surface area (TPSA) is 56.9 Å². The number of carbonyl (C=O) groups is 1. The minimum absolute atomic E-state index is 0.334. The van der Waals surface area contributed by atoms with Gasteiger partial charge >= 0.3 is 6.03 Å². The van der Waals surface area contributed by atoms with Gasteiger partial charge in [-0.2, -0.15) is 0 Å². The zero-order chi connectivity index (χ0) is 17.3. The zero-order valence-corrected chi connectivity index (χ0v) is 13.4. The van der Waals surface area contributed by atoms with E-state index >= 15 is 0 Å². The second-order valence-electron chi connectivity index (χ2n) is 5.42. The zero-order valence-electron chi connectivity index (χ0n) is 12.7. The summed E-state index contributed by atoms with van der Waals surface area (Å²) in [4.78, 5) is 15.1. The van der Waals surface area contributed by atoms with Crippen LogP contribution in [0.2, 0.25) is 5.02 Å². The van der Waals surface area contributed by atoms with E-state index in [1.807, 2.05) is 6.07 Å². The molecule has 0 radical (unpaired) electrons. The number of fused-ring (bicyclic) bond motifs is 1. The number of halogens is 3. The first-order chi connectivity index (χ1) is 11.4. The van der Waals surface area contributed by atoms with Crippen LogP contribution in [0.25, 0.3) is 10.9 Å². The summed E-state index contributed by atoms with van der Waals surface area (Å²) < 4.78 is 26.5. The monoisotopic (exact) mass is 349 g/mol. The van der Waals surface area contributed by atoms with Gasteiger partial charge in [-0.15, -0.1) is 0 Å². The summed E-state index contributed by atoms with van der Waals surface area (Å²) in [6.45, 7) is 1.63. The Hall–Kier alpha value is -2.60. The van der Waals surface area contributed by atoms with Gasteiger partial charge in [0.15, 0.2) is 0 Å². The third kappa shape index (κ3) is 3.49. The maximum atomic E-state index is 13.2. The third-order valence-corrected chi connectivity index (χ3v) is 3.92. The lowest BCUT2D eigenvalue weighted by atomic mass is 10.1. The summed E-state index contributed by atoms with van der Waals surface area (Å²) in [6.07, 6.45) is 1.75. The van der Waals surface area contributed by atoms with Gasteiger partial charge in [-0.3, -0.25) is 0 Å². The molecule has 4 nitrogen and oxygen atoms in total. The van der Waals surface area contributed by atoms with Crippen LogP contribution in [-0.4, -0.2) is 11.0 Å². The van der Waals surface area contributed by atoms with Crippen LogP contribution >= 0.6 is 11.6 Å². The van der Waals surface area contributed by atoms with Crippen LogP contribution in [-0.2, 0) is 0 Å². The Morgan fingerprint density at radius 2 is 1.88 bits per heavy atom. The van der Waals surface area contributed by atoms with E-state index in [1.54, 1.807) is 25.3 Å². The Morgan fingerprint density at radius 1 is 1.17 bits per heavy atom. The van der Waals surface area contributed by atoms with Crippen molar-refractivity contribution in [1.29, 1.82) is 0 Å². The summed E-state index contributed by atoms with van der Waals surface area (Å²) in [5, 5.41) is 6.63. The van der Waals surface area contributed by atoms with E-state index in [4.69, 9.17) is 11.6 Å². The van der Waals surface area contributed by atoms with E-state index in [2.05, 4.69) is 15.6 Å². The number of benzene rings is 2. The molecule has 0 aliphatic carbocycles. The van der Waals surface area contributed by atoms with Gasteiger partial charge < -0.3 is 15.6 Å². The highest BCUT2D eigenvalue weighted by atomic mass is 35.5. The van der Waals surface area contributed by atoms with Crippen molar-refractivity contribution in [3.63, 3.8) is 0 Å². The Balaban J connectivity index is 1.72. The Bertz CT molecular complexity index is 890. The highest BCUT2D eigenvalue weighted by Crippen LogP contribution is 2.27. The van der Waals surface area contributed by atoms with Crippen molar-refractivity contribution in [2.75, 3.05) is 5.32 Å². The van der Waals surface area contributed by atoms with Crippen LogP contribution in [0.3, 0.4) is 0 Å². The summed E-state index contributed by atoms with van der Waals surface area (Å²) in [6, 6.07) is 7.27. The molecule has 2 aromatic carbocycles. The predicted octanol–water partition coefficient (Wildman–Crippen LogP) is 4.98. The molecular weight excluding hydrogens is 336 g/mol. The SMILES string of the molecule is CC(NC(=O)Nc1cc(Cl)c2cc[nH]c2c1)c1cc(F)cc(F)c1. The van der Waals surface area contributed by atoms with E-state index in [1.165, 1.54) is 12.1 Å². The minimum atomic E-state index is -0.692. The number of aromatic nitrogens is 1. The molecular formula is C17H14ClF2N3O. The maximum absolute atomic E-state index is 13.2. The van der Waals surface area contributed by atoms with Gasteiger partial charge in [0, 0.05) is 28.9 Å². The van der Waals surface area contributed by atoms with Crippen LogP contribution in [0.1, 0.15) is 18.5 Å². The Kier molecular flexibility index (Phi) is 4.40. The minimum Gasteiger partial charge on any atom is -0.361 e. The predicted molar refractivity (Wildman–Crippen MR) is 90.2 cm³/mol. The smallest absolute Gasteiger partial charge is 0.319 e. The average molecular weight is 350 g/mol. The summed E-state index contributed by atoms with van der Waals surface area (Å²) in [5.41, 5.74) is 1.63. The van der Waals surface area contributed by atoms with Crippen molar-refractivity contribution in [1.82, 2.24) is 10.3 Å². The molecule has 3 N–H and O–H groups in total. The maximum Gasteiger partial charge on any atom is 0.319 e. The number of H-pyrrole nitrogens is 1. The lowest BCUT2D eigenvalue weighted by Gasteiger charge is -2.15. The Morgan fingerprint density at radius 3 is 2.58 bits per heavy atom. The van der Waals surface area contributed by atoms with E-state index < -0.39 is 23.7 Å². The molecule has 0 saturated heterocycles. The van der Waals surface area contributed by atoms with Gasteiger partial charge in [-0.05, 0) is 42.8 Å². The molecule has 1 atom stereocenters. The van der Waals surface area contributed by atoms with Gasteiger partial charge in [-0.25, -0.2) is 13.6 Å². The van der Waals surface area contributed by atoms with Crippen molar-refractivity contribution in [2.24, 2.45) is 0 Å². The van der Waals surface area contributed by atoms with Crippen molar-refractivity contribution in [3.8, 4) is 0 Å². The van der Waals surface area contributed by atoms with E-state index in [9.17, 15) is 13.6 Å². The van der Waals surface area contributed by atoms with Crippen molar-refractivity contribution >= 4 is 34.2 Å². The van der Waals surface area contributed by atoms with Gasteiger partial charge in [0.25, 0.3) is 0 Å². The van der Waals surface area contributed by atoms with Crippen molar-refractivity contribution in [3.05, 3.63) is 64.8 Å². The van der Waals surface area contributed by atoms with Gasteiger partial charge in [0.05, 0.1) is 11.1 Å².